The highest BCUT2D eigenvalue weighted by Gasteiger charge is 2.14. The minimum atomic E-state index is -1.01. The number of nitrogens with one attached hydrogen (secondary N) is 2. The zero-order valence-electron chi connectivity index (χ0n) is 15.1. The highest BCUT2D eigenvalue weighted by molar-refractivity contribution is 6.10. The second kappa shape index (κ2) is 6.99. The van der Waals surface area contributed by atoms with E-state index in [1.807, 2.05) is 19.1 Å². The summed E-state index contributed by atoms with van der Waals surface area (Å²) in [5.74, 6) is -0.0148. The van der Waals surface area contributed by atoms with Gasteiger partial charge in [0.05, 0.1) is 11.1 Å². The lowest BCUT2D eigenvalue weighted by Gasteiger charge is -2.12. The van der Waals surface area contributed by atoms with Crippen LogP contribution in [0.1, 0.15) is 17.3 Å². The molecule has 0 aliphatic carbocycles. The first kappa shape index (κ1) is 17.5. The van der Waals surface area contributed by atoms with Crippen LogP contribution in [-0.4, -0.2) is 32.6 Å². The van der Waals surface area contributed by atoms with E-state index in [0.29, 0.717) is 35.0 Å². The number of benzene rings is 2. The van der Waals surface area contributed by atoms with Crippen LogP contribution in [0, 0.1) is 0 Å². The summed E-state index contributed by atoms with van der Waals surface area (Å²) in [4.78, 5) is 24.9. The fraction of sp³-hybridized carbons (Fsp3) is 0.100. The van der Waals surface area contributed by atoms with E-state index in [9.17, 15) is 9.90 Å². The fourth-order valence-corrected chi connectivity index (χ4v) is 3.00. The highest BCUT2D eigenvalue weighted by atomic mass is 16.4. The lowest BCUT2D eigenvalue weighted by molar-refractivity contribution is 0.0697. The van der Waals surface area contributed by atoms with Gasteiger partial charge in [0, 0.05) is 34.9 Å². The summed E-state index contributed by atoms with van der Waals surface area (Å²) < 4.78 is 0. The summed E-state index contributed by atoms with van der Waals surface area (Å²) in [5.41, 5.74) is 8.58. The van der Waals surface area contributed by atoms with Crippen molar-refractivity contribution in [3.05, 3.63) is 54.2 Å². The molecule has 0 saturated heterocycles. The van der Waals surface area contributed by atoms with Gasteiger partial charge in [-0.2, -0.15) is 0 Å². The second-order valence-electron chi connectivity index (χ2n) is 6.23. The van der Waals surface area contributed by atoms with Gasteiger partial charge in [-0.15, -0.1) is 0 Å². The number of aromatic nitrogens is 3. The zero-order valence-corrected chi connectivity index (χ0v) is 15.1. The van der Waals surface area contributed by atoms with Crippen LogP contribution in [0.3, 0.4) is 0 Å². The fourth-order valence-electron chi connectivity index (χ4n) is 3.00. The number of nitrogen functional groups attached to an aromatic ring is 1. The lowest BCUT2D eigenvalue weighted by atomic mass is 10.1. The average Bonchev–Trinajstić information content (AvgIpc) is 2.68. The van der Waals surface area contributed by atoms with E-state index >= 15 is 0 Å². The predicted molar refractivity (Wildman–Crippen MR) is 110 cm³/mol. The summed E-state index contributed by atoms with van der Waals surface area (Å²) in [6, 6.07) is 12.1. The Morgan fingerprint density at radius 1 is 1.14 bits per heavy atom. The molecule has 140 valence electrons. The summed E-state index contributed by atoms with van der Waals surface area (Å²) in [7, 11) is 0. The first-order valence-corrected chi connectivity index (χ1v) is 8.75. The van der Waals surface area contributed by atoms with Crippen LogP contribution in [0.2, 0.25) is 0 Å². The molecule has 4 rings (SSSR count). The molecule has 0 saturated carbocycles. The minimum absolute atomic E-state index is 0.166. The normalized spacial score (nSPS) is 10.9. The van der Waals surface area contributed by atoms with Crippen LogP contribution in [0.25, 0.3) is 21.8 Å². The third-order valence-electron chi connectivity index (χ3n) is 4.26. The van der Waals surface area contributed by atoms with Crippen molar-refractivity contribution >= 4 is 50.9 Å². The van der Waals surface area contributed by atoms with Crippen LogP contribution in [0.5, 0.6) is 0 Å². The molecular formula is C20H18N6O2. The number of anilines is 4. The van der Waals surface area contributed by atoms with Gasteiger partial charge in [0.1, 0.15) is 5.52 Å². The third-order valence-corrected chi connectivity index (χ3v) is 4.26. The Balaban J connectivity index is 1.96. The summed E-state index contributed by atoms with van der Waals surface area (Å²) >= 11 is 0. The molecule has 28 heavy (non-hydrogen) atoms. The number of hydrogen-bond acceptors (Lipinski definition) is 7. The molecule has 0 radical (unpaired) electrons. The monoisotopic (exact) mass is 374 g/mol. The molecule has 0 fully saturated rings. The Morgan fingerprint density at radius 3 is 2.75 bits per heavy atom. The van der Waals surface area contributed by atoms with Crippen molar-refractivity contribution in [2.75, 3.05) is 22.9 Å². The molecule has 0 spiro atoms. The van der Waals surface area contributed by atoms with Crippen molar-refractivity contribution in [1.82, 2.24) is 15.0 Å². The van der Waals surface area contributed by atoms with Crippen LogP contribution < -0.4 is 16.4 Å². The molecule has 0 bridgehead atoms. The molecule has 4 aromatic rings. The number of pyridine rings is 1. The maximum Gasteiger partial charge on any atom is 0.335 e. The lowest BCUT2D eigenvalue weighted by Crippen LogP contribution is -2.05. The summed E-state index contributed by atoms with van der Waals surface area (Å²) in [6.07, 6.45) is 1.72. The molecule has 0 atom stereocenters. The number of rotatable bonds is 5. The van der Waals surface area contributed by atoms with Crippen LogP contribution in [0.15, 0.2) is 48.7 Å². The van der Waals surface area contributed by atoms with Gasteiger partial charge in [-0.05, 0) is 37.3 Å². The van der Waals surface area contributed by atoms with Crippen molar-refractivity contribution in [3.8, 4) is 0 Å². The number of nitrogens with two attached hydrogens (primary N) is 1. The van der Waals surface area contributed by atoms with Crippen LogP contribution in [0.4, 0.5) is 23.1 Å². The number of hydrogen-bond donors (Lipinski definition) is 4. The third kappa shape index (κ3) is 3.23. The quantitative estimate of drug-likeness (QED) is 0.308. The van der Waals surface area contributed by atoms with Gasteiger partial charge in [-0.25, -0.2) is 19.7 Å². The van der Waals surface area contributed by atoms with E-state index in [1.54, 1.807) is 36.5 Å². The van der Waals surface area contributed by atoms with Crippen molar-refractivity contribution < 1.29 is 9.90 Å². The van der Waals surface area contributed by atoms with E-state index in [0.717, 1.165) is 16.5 Å². The molecule has 0 amide bonds. The van der Waals surface area contributed by atoms with Crippen molar-refractivity contribution in [2.24, 2.45) is 0 Å². The molecule has 0 aliphatic heterocycles. The number of carbonyl (C=O) groups is 1. The minimum Gasteiger partial charge on any atom is -0.478 e. The van der Waals surface area contributed by atoms with Crippen LogP contribution in [-0.2, 0) is 0 Å². The van der Waals surface area contributed by atoms with E-state index < -0.39 is 5.97 Å². The Morgan fingerprint density at radius 2 is 2.00 bits per heavy atom. The van der Waals surface area contributed by atoms with Crippen molar-refractivity contribution in [1.29, 1.82) is 0 Å². The van der Waals surface area contributed by atoms with Gasteiger partial charge in [-0.1, -0.05) is 12.1 Å². The molecule has 2 aromatic carbocycles. The topological polar surface area (TPSA) is 126 Å². The number of nitrogens with zero attached hydrogens (tertiary/aromatic N) is 3. The van der Waals surface area contributed by atoms with Crippen molar-refractivity contribution in [3.63, 3.8) is 0 Å². The maximum absolute atomic E-state index is 11.3. The number of fused-ring (bicyclic) bond motifs is 3. The van der Waals surface area contributed by atoms with Gasteiger partial charge in [0.25, 0.3) is 0 Å². The summed E-state index contributed by atoms with van der Waals surface area (Å²) in [5, 5.41) is 17.2. The molecule has 2 aromatic heterocycles. The molecule has 8 heteroatoms. The Bertz CT molecular complexity index is 1210. The van der Waals surface area contributed by atoms with E-state index in [-0.39, 0.29) is 5.56 Å². The molecule has 0 aliphatic rings. The van der Waals surface area contributed by atoms with E-state index in [1.165, 1.54) is 0 Å². The SMILES string of the molecule is CCNc1ncc2c(n1)c(Nc1cccc(N)c1)nc1cc(C(=O)O)ccc12. The largest absolute Gasteiger partial charge is 0.478 e. The van der Waals surface area contributed by atoms with E-state index in [2.05, 4.69) is 25.6 Å². The molecule has 5 N–H and O–H groups in total. The molecule has 8 nitrogen and oxygen atoms in total. The molecule has 2 heterocycles. The average molecular weight is 374 g/mol. The highest BCUT2D eigenvalue weighted by Crippen LogP contribution is 2.31. The first-order valence-electron chi connectivity index (χ1n) is 8.75. The number of aromatic carboxylic acids is 1. The van der Waals surface area contributed by atoms with Gasteiger partial charge >= 0.3 is 5.97 Å². The first-order chi connectivity index (χ1) is 13.5. The number of carboxylic acids is 1. The van der Waals surface area contributed by atoms with Crippen molar-refractivity contribution in [2.45, 2.75) is 6.92 Å². The zero-order chi connectivity index (χ0) is 19.7. The van der Waals surface area contributed by atoms with Gasteiger partial charge < -0.3 is 21.5 Å². The standard InChI is InChI=1S/C20H18N6O2/c1-2-22-20-23-10-15-14-7-6-11(19(27)28)8-16(14)25-18(17(15)26-20)24-13-5-3-4-12(21)9-13/h3-10H,2,21H2,1H3,(H,24,25)(H,27,28)(H,22,23,26). The van der Waals surface area contributed by atoms with E-state index in [4.69, 9.17) is 5.73 Å². The molecule has 0 unspecified atom stereocenters. The molecular weight excluding hydrogens is 356 g/mol. The number of carboxylic acid groups (broad SMARTS) is 1. The second-order valence-corrected chi connectivity index (χ2v) is 6.23. The van der Waals surface area contributed by atoms with Gasteiger partial charge in [0.2, 0.25) is 5.95 Å². The summed E-state index contributed by atoms with van der Waals surface area (Å²) in [6.45, 7) is 2.65. The smallest absolute Gasteiger partial charge is 0.335 e. The Kier molecular flexibility index (Phi) is 4.36. The predicted octanol–water partition coefficient (Wildman–Crippen LogP) is 3.63. The Hall–Kier alpha value is -3.94. The van der Waals surface area contributed by atoms with Gasteiger partial charge in [0.15, 0.2) is 5.82 Å². The van der Waals surface area contributed by atoms with Crippen LogP contribution >= 0.6 is 0 Å². The Labute approximate surface area is 160 Å². The van der Waals surface area contributed by atoms with Gasteiger partial charge in [-0.3, -0.25) is 0 Å². The maximum atomic E-state index is 11.3.